The molecule has 3 heterocycles. The Kier molecular flexibility index (Phi) is 4.63. The van der Waals surface area contributed by atoms with Crippen LogP contribution in [0.2, 0.25) is 0 Å². The van der Waals surface area contributed by atoms with Gasteiger partial charge < -0.3 is 4.90 Å². The highest BCUT2D eigenvalue weighted by molar-refractivity contribution is 5.92. The quantitative estimate of drug-likeness (QED) is 0.831. The van der Waals surface area contributed by atoms with Crippen molar-refractivity contribution >= 4 is 5.91 Å². The number of piperidine rings is 1. The number of rotatable bonds is 5. The van der Waals surface area contributed by atoms with Gasteiger partial charge in [0.2, 0.25) is 0 Å². The van der Waals surface area contributed by atoms with Crippen molar-refractivity contribution in [2.75, 3.05) is 13.1 Å². The summed E-state index contributed by atoms with van der Waals surface area (Å²) < 4.78 is 27.9. The van der Waals surface area contributed by atoms with Crippen molar-refractivity contribution < 1.29 is 13.6 Å². The van der Waals surface area contributed by atoms with Crippen LogP contribution in [0.1, 0.15) is 23.3 Å². The number of hydrogen-bond donors (Lipinski definition) is 0. The zero-order valence-electron chi connectivity index (χ0n) is 12.6. The Morgan fingerprint density at radius 3 is 3.00 bits per heavy atom. The summed E-state index contributed by atoms with van der Waals surface area (Å²) in [5, 5.41) is 7.90. The molecule has 7 nitrogen and oxygen atoms in total. The molecule has 3 rings (SSSR count). The maximum atomic E-state index is 12.6. The fraction of sp³-hybridized carbons (Fsp3) is 0.571. The number of aromatic nitrogens is 5. The summed E-state index contributed by atoms with van der Waals surface area (Å²) in [4.78, 5) is 18.2. The Balaban J connectivity index is 1.66. The van der Waals surface area contributed by atoms with E-state index >= 15 is 0 Å². The van der Waals surface area contributed by atoms with Gasteiger partial charge in [0.25, 0.3) is 12.3 Å². The van der Waals surface area contributed by atoms with Crippen molar-refractivity contribution in [3.8, 4) is 0 Å². The van der Waals surface area contributed by atoms with Gasteiger partial charge in [-0.3, -0.25) is 14.2 Å². The molecule has 0 N–H and O–H groups in total. The zero-order valence-corrected chi connectivity index (χ0v) is 12.6. The van der Waals surface area contributed by atoms with Crippen LogP contribution in [-0.4, -0.2) is 54.9 Å². The standard InChI is InChI=1S/C14H18F2N6O/c15-13(16)8-22-12(3-4-18-22)14(23)20-5-1-2-11(6-20)7-21-10-17-9-19-21/h3-4,9-11,13H,1-2,5-8H2/t11-/m1/s1. The van der Waals surface area contributed by atoms with Crippen LogP contribution >= 0.6 is 0 Å². The number of alkyl halides is 2. The van der Waals surface area contributed by atoms with Gasteiger partial charge in [-0.05, 0) is 24.8 Å². The lowest BCUT2D eigenvalue weighted by Gasteiger charge is -2.32. The summed E-state index contributed by atoms with van der Waals surface area (Å²) in [7, 11) is 0. The third kappa shape index (κ3) is 3.72. The molecule has 1 atom stereocenters. The lowest BCUT2D eigenvalue weighted by molar-refractivity contribution is 0.0636. The molecular formula is C14H18F2N6O. The summed E-state index contributed by atoms with van der Waals surface area (Å²) in [6, 6.07) is 1.49. The zero-order chi connectivity index (χ0) is 16.2. The predicted molar refractivity (Wildman–Crippen MR) is 76.9 cm³/mol. The largest absolute Gasteiger partial charge is 0.337 e. The molecule has 0 bridgehead atoms. The van der Waals surface area contributed by atoms with Crippen molar-refractivity contribution in [2.24, 2.45) is 5.92 Å². The molecule has 1 fully saturated rings. The first kappa shape index (κ1) is 15.6. The Morgan fingerprint density at radius 1 is 1.39 bits per heavy atom. The first-order chi connectivity index (χ1) is 11.1. The van der Waals surface area contributed by atoms with Crippen LogP contribution in [0.5, 0.6) is 0 Å². The van der Waals surface area contributed by atoms with Crippen molar-refractivity contribution in [3.05, 3.63) is 30.6 Å². The topological polar surface area (TPSA) is 68.8 Å². The molecule has 0 aromatic carbocycles. The smallest absolute Gasteiger partial charge is 0.272 e. The number of halogens is 2. The minimum atomic E-state index is -2.54. The molecular weight excluding hydrogens is 306 g/mol. The Labute approximate surface area is 131 Å². The number of carbonyl (C=O) groups is 1. The van der Waals surface area contributed by atoms with E-state index in [1.807, 2.05) is 0 Å². The van der Waals surface area contributed by atoms with Crippen molar-refractivity contribution in [1.82, 2.24) is 29.4 Å². The van der Waals surface area contributed by atoms with E-state index in [0.29, 0.717) is 19.6 Å². The predicted octanol–water partition coefficient (Wildman–Crippen LogP) is 1.29. The second kappa shape index (κ2) is 6.84. The fourth-order valence-electron chi connectivity index (χ4n) is 2.94. The second-order valence-electron chi connectivity index (χ2n) is 5.67. The Hall–Kier alpha value is -2.32. The van der Waals surface area contributed by atoms with E-state index in [-0.39, 0.29) is 17.5 Å². The van der Waals surface area contributed by atoms with Gasteiger partial charge in [0.05, 0.1) is 0 Å². The SMILES string of the molecule is O=C(c1ccnn1CC(F)F)N1CCC[C@@H](Cn2cncn2)C1. The van der Waals surface area contributed by atoms with Crippen LogP contribution in [0.25, 0.3) is 0 Å². The van der Waals surface area contributed by atoms with Gasteiger partial charge in [0.1, 0.15) is 24.9 Å². The molecule has 0 spiro atoms. The normalized spacial score (nSPS) is 18.6. The molecule has 23 heavy (non-hydrogen) atoms. The highest BCUT2D eigenvalue weighted by Crippen LogP contribution is 2.20. The molecule has 0 unspecified atom stereocenters. The number of nitrogens with zero attached hydrogens (tertiary/aromatic N) is 6. The van der Waals surface area contributed by atoms with Crippen LogP contribution < -0.4 is 0 Å². The van der Waals surface area contributed by atoms with Crippen molar-refractivity contribution in [3.63, 3.8) is 0 Å². The molecule has 1 aliphatic rings. The van der Waals surface area contributed by atoms with Crippen LogP contribution in [0.3, 0.4) is 0 Å². The van der Waals surface area contributed by atoms with Crippen LogP contribution in [0, 0.1) is 5.92 Å². The van der Waals surface area contributed by atoms with E-state index < -0.39 is 13.0 Å². The van der Waals surface area contributed by atoms with Gasteiger partial charge >= 0.3 is 0 Å². The first-order valence-corrected chi connectivity index (χ1v) is 7.55. The van der Waals surface area contributed by atoms with E-state index in [0.717, 1.165) is 17.5 Å². The minimum Gasteiger partial charge on any atom is -0.337 e. The minimum absolute atomic E-state index is 0.215. The summed E-state index contributed by atoms with van der Waals surface area (Å²) >= 11 is 0. The number of amides is 1. The molecule has 1 saturated heterocycles. The number of likely N-dealkylation sites (tertiary alicyclic amines) is 1. The van der Waals surface area contributed by atoms with E-state index in [4.69, 9.17) is 0 Å². The fourth-order valence-corrected chi connectivity index (χ4v) is 2.94. The lowest BCUT2D eigenvalue weighted by atomic mass is 9.98. The molecule has 0 radical (unpaired) electrons. The van der Waals surface area contributed by atoms with E-state index in [9.17, 15) is 13.6 Å². The van der Waals surface area contributed by atoms with Gasteiger partial charge in [-0.2, -0.15) is 10.2 Å². The molecule has 2 aromatic rings. The molecule has 124 valence electrons. The van der Waals surface area contributed by atoms with Gasteiger partial charge in [0.15, 0.2) is 0 Å². The molecule has 0 saturated carbocycles. The Morgan fingerprint density at radius 2 is 2.26 bits per heavy atom. The van der Waals surface area contributed by atoms with Crippen molar-refractivity contribution in [2.45, 2.75) is 32.4 Å². The molecule has 2 aromatic heterocycles. The average molecular weight is 324 g/mol. The summed E-state index contributed by atoms with van der Waals surface area (Å²) in [6.07, 6.45) is 3.86. The Bertz CT molecular complexity index is 641. The van der Waals surface area contributed by atoms with Gasteiger partial charge in [0, 0.05) is 25.8 Å². The third-order valence-corrected chi connectivity index (χ3v) is 3.96. The first-order valence-electron chi connectivity index (χ1n) is 7.55. The molecule has 0 aliphatic carbocycles. The van der Waals surface area contributed by atoms with E-state index in [1.54, 1.807) is 15.9 Å². The van der Waals surface area contributed by atoms with Crippen molar-refractivity contribution in [1.29, 1.82) is 0 Å². The highest BCUT2D eigenvalue weighted by Gasteiger charge is 2.27. The average Bonchev–Trinajstić information content (AvgIpc) is 3.18. The van der Waals surface area contributed by atoms with Crippen LogP contribution in [-0.2, 0) is 13.1 Å². The maximum absolute atomic E-state index is 12.6. The van der Waals surface area contributed by atoms with Gasteiger partial charge in [-0.15, -0.1) is 0 Å². The van der Waals surface area contributed by atoms with Crippen LogP contribution in [0.4, 0.5) is 8.78 Å². The van der Waals surface area contributed by atoms with Gasteiger partial charge in [-0.25, -0.2) is 13.8 Å². The lowest BCUT2D eigenvalue weighted by Crippen LogP contribution is -2.42. The van der Waals surface area contributed by atoms with Crippen LogP contribution in [0.15, 0.2) is 24.9 Å². The maximum Gasteiger partial charge on any atom is 0.272 e. The third-order valence-electron chi connectivity index (χ3n) is 3.96. The monoisotopic (exact) mass is 324 g/mol. The summed E-state index contributed by atoms with van der Waals surface area (Å²) in [6.45, 7) is 1.34. The second-order valence-corrected chi connectivity index (χ2v) is 5.67. The molecule has 1 aliphatic heterocycles. The highest BCUT2D eigenvalue weighted by atomic mass is 19.3. The van der Waals surface area contributed by atoms with E-state index in [2.05, 4.69) is 15.2 Å². The molecule has 1 amide bonds. The summed E-state index contributed by atoms with van der Waals surface area (Å²) in [5.74, 6) is 0.0345. The molecule has 9 heteroatoms. The van der Waals surface area contributed by atoms with E-state index in [1.165, 1.54) is 18.6 Å². The number of hydrogen-bond acceptors (Lipinski definition) is 4. The summed E-state index contributed by atoms with van der Waals surface area (Å²) in [5.41, 5.74) is 0.215. The number of carbonyl (C=O) groups excluding carboxylic acids is 1. The van der Waals surface area contributed by atoms with Gasteiger partial charge in [-0.1, -0.05) is 0 Å².